The van der Waals surface area contributed by atoms with E-state index in [0.29, 0.717) is 55.9 Å². The molecule has 1 aromatic heterocycles. The van der Waals surface area contributed by atoms with Crippen molar-refractivity contribution in [2.75, 3.05) is 14.2 Å². The van der Waals surface area contributed by atoms with Crippen LogP contribution in [0.15, 0.2) is 102 Å². The van der Waals surface area contributed by atoms with Crippen LogP contribution >= 0.6 is 35.0 Å². The number of rotatable bonds is 11. The van der Waals surface area contributed by atoms with Gasteiger partial charge in [-0.3, -0.25) is 9.36 Å². The highest BCUT2D eigenvalue weighted by Gasteiger charge is 2.27. The molecule has 5 rings (SSSR count). The summed E-state index contributed by atoms with van der Waals surface area (Å²) in [4.78, 5) is 13.7. The van der Waals surface area contributed by atoms with Crippen molar-refractivity contribution in [2.45, 2.75) is 23.4 Å². The summed E-state index contributed by atoms with van der Waals surface area (Å²) in [5.74, 6) is 1.85. The van der Waals surface area contributed by atoms with Crippen LogP contribution < -0.4 is 14.8 Å². The highest BCUT2D eigenvalue weighted by Crippen LogP contribution is 2.34. The fourth-order valence-electron chi connectivity index (χ4n) is 4.49. The molecule has 0 bridgehead atoms. The first-order valence-corrected chi connectivity index (χ1v) is 14.8. The molecule has 10 heteroatoms. The number of benzene rings is 4. The van der Waals surface area contributed by atoms with Crippen LogP contribution in [0.4, 0.5) is 0 Å². The van der Waals surface area contributed by atoms with E-state index in [4.69, 9.17) is 32.7 Å². The molecule has 0 saturated heterocycles. The van der Waals surface area contributed by atoms with E-state index in [1.54, 1.807) is 37.4 Å². The van der Waals surface area contributed by atoms with Crippen LogP contribution in [0.5, 0.6) is 11.5 Å². The van der Waals surface area contributed by atoms with Crippen LogP contribution in [-0.4, -0.2) is 34.9 Å². The highest BCUT2D eigenvalue weighted by atomic mass is 35.5. The molecule has 4 aromatic carbocycles. The molecule has 1 heterocycles. The van der Waals surface area contributed by atoms with Crippen molar-refractivity contribution in [3.63, 3.8) is 0 Å². The molecule has 1 unspecified atom stereocenters. The molecule has 0 spiro atoms. The first kappa shape index (κ1) is 29.5. The minimum Gasteiger partial charge on any atom is -0.497 e. The zero-order valence-corrected chi connectivity index (χ0v) is 25.3. The van der Waals surface area contributed by atoms with E-state index in [-0.39, 0.29) is 5.91 Å². The number of carbonyl (C=O) groups excluding carboxylic acids is 1. The molecule has 42 heavy (non-hydrogen) atoms. The van der Waals surface area contributed by atoms with Crippen molar-refractivity contribution < 1.29 is 14.3 Å². The second-order valence-corrected chi connectivity index (χ2v) is 11.1. The fourth-order valence-corrected chi connectivity index (χ4v) is 5.89. The molecule has 0 radical (unpaired) electrons. The van der Waals surface area contributed by atoms with Gasteiger partial charge in [-0.15, -0.1) is 10.2 Å². The molecule has 0 aliphatic heterocycles. The average Bonchev–Trinajstić information content (AvgIpc) is 3.43. The molecule has 0 aliphatic carbocycles. The van der Waals surface area contributed by atoms with Crippen LogP contribution in [-0.2, 0) is 12.2 Å². The van der Waals surface area contributed by atoms with E-state index < -0.39 is 6.04 Å². The third-order valence-corrected chi connectivity index (χ3v) is 8.11. The molecule has 1 N–H and O–H groups in total. The first-order chi connectivity index (χ1) is 20.5. The summed E-state index contributed by atoms with van der Waals surface area (Å²) in [5, 5.41) is 13.9. The Morgan fingerprint density at radius 1 is 0.881 bits per heavy atom. The number of carbonyl (C=O) groups is 1. The molecule has 1 amide bonds. The average molecular weight is 620 g/mol. The SMILES string of the molecule is COc1ccc(C(=O)NC(Cc2ccccc2)c2nnc(SCc3ccccc3)n2-c2ccc(Cl)cc2Cl)c(OC)c1. The van der Waals surface area contributed by atoms with Gasteiger partial charge in [0.05, 0.1) is 36.5 Å². The normalized spacial score (nSPS) is 11.6. The Hall–Kier alpha value is -3.98. The van der Waals surface area contributed by atoms with Crippen LogP contribution in [0.2, 0.25) is 10.0 Å². The van der Waals surface area contributed by atoms with Crippen LogP contribution in [0.1, 0.15) is 33.4 Å². The Labute approximate surface area is 258 Å². The van der Waals surface area contributed by atoms with E-state index in [0.717, 1.165) is 11.1 Å². The van der Waals surface area contributed by atoms with Crippen molar-refractivity contribution in [3.8, 4) is 17.2 Å². The molecule has 1 atom stereocenters. The largest absolute Gasteiger partial charge is 0.497 e. The molecule has 5 aromatic rings. The summed E-state index contributed by atoms with van der Waals surface area (Å²) >= 11 is 14.5. The van der Waals surface area contributed by atoms with Gasteiger partial charge in [-0.2, -0.15) is 0 Å². The van der Waals surface area contributed by atoms with E-state index >= 15 is 0 Å². The number of nitrogens with one attached hydrogen (secondary N) is 1. The van der Waals surface area contributed by atoms with Crippen molar-refractivity contribution in [2.24, 2.45) is 0 Å². The molecule has 214 valence electrons. The van der Waals surface area contributed by atoms with Crippen LogP contribution in [0.25, 0.3) is 5.69 Å². The van der Waals surface area contributed by atoms with Gasteiger partial charge in [-0.1, -0.05) is 95.6 Å². The van der Waals surface area contributed by atoms with Gasteiger partial charge in [0.2, 0.25) is 0 Å². The van der Waals surface area contributed by atoms with E-state index in [1.165, 1.54) is 18.9 Å². The number of ether oxygens (including phenoxy) is 2. The second-order valence-electron chi connectivity index (χ2n) is 9.33. The number of thioether (sulfide) groups is 1. The van der Waals surface area contributed by atoms with Crippen molar-refractivity contribution in [1.29, 1.82) is 0 Å². The Morgan fingerprint density at radius 2 is 1.60 bits per heavy atom. The third-order valence-electron chi connectivity index (χ3n) is 6.57. The Morgan fingerprint density at radius 3 is 2.26 bits per heavy atom. The maximum absolute atomic E-state index is 13.7. The number of nitrogens with zero attached hydrogens (tertiary/aromatic N) is 3. The monoisotopic (exact) mass is 618 g/mol. The Balaban J connectivity index is 1.58. The lowest BCUT2D eigenvalue weighted by Gasteiger charge is -2.21. The number of halogens is 2. The van der Waals surface area contributed by atoms with Gasteiger partial charge < -0.3 is 14.8 Å². The van der Waals surface area contributed by atoms with Crippen LogP contribution in [0, 0.1) is 0 Å². The topological polar surface area (TPSA) is 78.3 Å². The third kappa shape index (κ3) is 6.90. The van der Waals surface area contributed by atoms with Gasteiger partial charge in [0.1, 0.15) is 11.5 Å². The predicted molar refractivity (Wildman–Crippen MR) is 167 cm³/mol. The minimum atomic E-state index is -0.572. The first-order valence-electron chi connectivity index (χ1n) is 13.1. The van der Waals surface area contributed by atoms with Crippen molar-refractivity contribution in [3.05, 3.63) is 130 Å². The lowest BCUT2D eigenvalue weighted by molar-refractivity contribution is 0.0931. The summed E-state index contributed by atoms with van der Waals surface area (Å²) in [6.07, 6.45) is 0.456. The van der Waals surface area contributed by atoms with Crippen molar-refractivity contribution >= 4 is 40.9 Å². The highest BCUT2D eigenvalue weighted by molar-refractivity contribution is 7.98. The van der Waals surface area contributed by atoms with Gasteiger partial charge in [0.25, 0.3) is 5.91 Å². The smallest absolute Gasteiger partial charge is 0.255 e. The number of hydrogen-bond acceptors (Lipinski definition) is 6. The molecule has 0 saturated carbocycles. The fraction of sp³-hybridized carbons (Fsp3) is 0.156. The van der Waals surface area contributed by atoms with Crippen molar-refractivity contribution in [1.82, 2.24) is 20.1 Å². The van der Waals surface area contributed by atoms with Crippen LogP contribution in [0.3, 0.4) is 0 Å². The molecular formula is C32H28Cl2N4O3S. The molecular weight excluding hydrogens is 591 g/mol. The minimum absolute atomic E-state index is 0.328. The number of hydrogen-bond donors (Lipinski definition) is 1. The summed E-state index contributed by atoms with van der Waals surface area (Å²) in [6, 6.07) is 29.8. The van der Waals surface area contributed by atoms with Gasteiger partial charge in [-0.05, 0) is 47.9 Å². The number of amides is 1. The summed E-state index contributed by atoms with van der Waals surface area (Å²) in [5.41, 5.74) is 3.18. The maximum atomic E-state index is 13.7. The second kappa shape index (κ2) is 13.8. The molecule has 0 fully saturated rings. The standard InChI is InChI=1S/C32H28Cl2N4O3S/c1-40-24-14-15-25(29(19-24)41-2)31(39)35-27(17-21-9-5-3-6-10-21)30-36-37-32(42-20-22-11-7-4-8-12-22)38(30)28-16-13-23(33)18-26(28)34/h3-16,18-19,27H,17,20H2,1-2H3,(H,35,39). The Kier molecular flexibility index (Phi) is 9.69. The summed E-state index contributed by atoms with van der Waals surface area (Å²) in [7, 11) is 3.08. The maximum Gasteiger partial charge on any atom is 0.255 e. The van der Waals surface area contributed by atoms with E-state index in [1.807, 2.05) is 59.2 Å². The summed E-state index contributed by atoms with van der Waals surface area (Å²) in [6.45, 7) is 0. The zero-order valence-electron chi connectivity index (χ0n) is 23.0. The quantitative estimate of drug-likeness (QED) is 0.154. The van der Waals surface area contributed by atoms with Gasteiger partial charge in [0.15, 0.2) is 11.0 Å². The number of aromatic nitrogens is 3. The lowest BCUT2D eigenvalue weighted by Crippen LogP contribution is -2.32. The zero-order chi connectivity index (χ0) is 29.5. The van der Waals surface area contributed by atoms with Gasteiger partial charge >= 0.3 is 0 Å². The summed E-state index contributed by atoms with van der Waals surface area (Å²) < 4.78 is 12.7. The Bertz CT molecular complexity index is 1670. The van der Waals surface area contributed by atoms with Gasteiger partial charge in [0, 0.05) is 16.8 Å². The van der Waals surface area contributed by atoms with E-state index in [2.05, 4.69) is 27.6 Å². The lowest BCUT2D eigenvalue weighted by atomic mass is 10.0. The number of methoxy groups -OCH3 is 2. The predicted octanol–water partition coefficient (Wildman–Crippen LogP) is 7.60. The molecule has 7 nitrogen and oxygen atoms in total. The van der Waals surface area contributed by atoms with E-state index in [9.17, 15) is 4.79 Å². The van der Waals surface area contributed by atoms with Gasteiger partial charge in [-0.25, -0.2) is 0 Å². The molecule has 0 aliphatic rings.